The molecule has 1 saturated heterocycles. The van der Waals surface area contributed by atoms with Crippen LogP contribution >= 0.6 is 0 Å². The molecule has 2 aromatic rings. The molecule has 0 spiro atoms. The fraction of sp³-hybridized carbons (Fsp3) is 0.438. The largest absolute Gasteiger partial charge is 0.416 e. The van der Waals surface area contributed by atoms with Crippen LogP contribution in [-0.2, 0) is 10.9 Å². The monoisotopic (exact) mass is 355 g/mol. The van der Waals surface area contributed by atoms with E-state index in [2.05, 4.69) is 4.98 Å². The molecule has 0 aliphatic carbocycles. The average Bonchev–Trinajstić information content (AvgIpc) is 2.53. The number of nitrogens with zero attached hydrogens (tertiary/aromatic N) is 2. The first-order chi connectivity index (χ1) is 11.7. The third-order valence-electron chi connectivity index (χ3n) is 4.41. The quantitative estimate of drug-likeness (QED) is 0.649. The fourth-order valence-corrected chi connectivity index (χ4v) is 3.20. The van der Waals surface area contributed by atoms with Crippen LogP contribution in [0.15, 0.2) is 18.2 Å². The minimum Gasteiger partial charge on any atom is -0.393 e. The number of fused-ring (bicyclic) bond motifs is 1. The van der Waals surface area contributed by atoms with Crippen LogP contribution in [0.4, 0.5) is 24.5 Å². The van der Waals surface area contributed by atoms with Crippen LogP contribution in [0.25, 0.3) is 10.9 Å². The molecule has 2 atom stereocenters. The molecule has 1 aliphatic rings. The Labute approximate surface area is 140 Å². The smallest absolute Gasteiger partial charge is 0.393 e. The summed E-state index contributed by atoms with van der Waals surface area (Å²) < 4.78 is 44.2. The highest BCUT2D eigenvalue weighted by molar-refractivity contribution is 5.96. The molecule has 1 aromatic heterocycles. The molecule has 2 N–H and O–H groups in total. The summed E-state index contributed by atoms with van der Waals surface area (Å²) in [5, 5.41) is 11.5. The number of aromatic nitrogens is 1. The number of alkyl halides is 3. The van der Waals surface area contributed by atoms with Gasteiger partial charge in [0.2, 0.25) is 0 Å². The highest BCUT2D eigenvalue weighted by atomic mass is 19.4. The van der Waals surface area contributed by atoms with E-state index in [0.29, 0.717) is 19.4 Å². The normalized spacial score (nSPS) is 21.4. The number of rotatable bonds is 2. The Morgan fingerprint density at radius 3 is 2.72 bits per heavy atom. The summed E-state index contributed by atoms with van der Waals surface area (Å²) in [6, 6.07) is 2.91. The maximum absolute atomic E-state index is 12.9. The Balaban J connectivity index is 2.21. The minimum absolute atomic E-state index is 0.0645. The molecule has 0 saturated carbocycles. The first kappa shape index (κ1) is 17.4. The maximum atomic E-state index is 12.9. The molecule has 0 bridgehead atoms. The van der Waals surface area contributed by atoms with E-state index < -0.39 is 22.4 Å². The standard InChI is InChI=1S/C16H16F3N3O3/c1-8-6-9(4-5-25-8)14-15(22(23)24)13(20)11-7-10(16(17,18)19)2-3-12(11)21-14/h2-3,7-9H,4-6H2,1H3,(H2,20,21)/t8-,9-/m1/s1. The van der Waals surface area contributed by atoms with Crippen molar-refractivity contribution in [3.05, 3.63) is 39.6 Å². The first-order valence-electron chi connectivity index (χ1n) is 7.74. The highest BCUT2D eigenvalue weighted by Gasteiger charge is 2.34. The second-order valence-corrected chi connectivity index (χ2v) is 6.15. The van der Waals surface area contributed by atoms with Gasteiger partial charge in [-0.15, -0.1) is 0 Å². The molecular formula is C16H16F3N3O3. The number of hydrogen-bond donors (Lipinski definition) is 1. The molecule has 0 radical (unpaired) electrons. The SMILES string of the molecule is C[C@@H]1C[C@H](c2nc3ccc(C(F)(F)F)cc3c(N)c2[N+](=O)[O-])CCO1. The summed E-state index contributed by atoms with van der Waals surface area (Å²) in [5.74, 6) is -0.224. The highest BCUT2D eigenvalue weighted by Crippen LogP contribution is 2.41. The molecule has 3 rings (SSSR count). The van der Waals surface area contributed by atoms with Gasteiger partial charge >= 0.3 is 11.9 Å². The van der Waals surface area contributed by atoms with E-state index in [1.54, 1.807) is 0 Å². The van der Waals surface area contributed by atoms with Crippen LogP contribution < -0.4 is 5.73 Å². The molecular weight excluding hydrogens is 339 g/mol. The second-order valence-electron chi connectivity index (χ2n) is 6.15. The molecule has 1 fully saturated rings. The van der Waals surface area contributed by atoms with E-state index in [0.717, 1.165) is 12.1 Å². The number of nitrogens with two attached hydrogens (primary N) is 1. The second kappa shape index (κ2) is 6.14. The number of pyridine rings is 1. The van der Waals surface area contributed by atoms with Crippen LogP contribution in [0.2, 0.25) is 0 Å². The van der Waals surface area contributed by atoms with Crippen molar-refractivity contribution in [2.75, 3.05) is 12.3 Å². The third-order valence-corrected chi connectivity index (χ3v) is 4.41. The van der Waals surface area contributed by atoms with Crippen molar-refractivity contribution in [1.29, 1.82) is 0 Å². The molecule has 2 heterocycles. The summed E-state index contributed by atoms with van der Waals surface area (Å²) >= 11 is 0. The molecule has 1 aliphatic heterocycles. The lowest BCUT2D eigenvalue weighted by atomic mass is 9.90. The lowest BCUT2D eigenvalue weighted by Gasteiger charge is -2.27. The topological polar surface area (TPSA) is 91.3 Å². The van der Waals surface area contributed by atoms with Gasteiger partial charge in [0.1, 0.15) is 11.4 Å². The summed E-state index contributed by atoms with van der Waals surface area (Å²) in [5.41, 5.74) is 4.71. The molecule has 0 unspecified atom stereocenters. The summed E-state index contributed by atoms with van der Waals surface area (Å²) in [4.78, 5) is 15.1. The summed E-state index contributed by atoms with van der Waals surface area (Å²) in [6.07, 6.45) is -3.56. The van der Waals surface area contributed by atoms with Crippen molar-refractivity contribution in [2.45, 2.75) is 38.0 Å². The predicted octanol–water partition coefficient (Wildman–Crippen LogP) is 4.03. The van der Waals surface area contributed by atoms with Crippen LogP contribution in [0.1, 0.15) is 36.9 Å². The van der Waals surface area contributed by atoms with Crippen molar-refractivity contribution >= 4 is 22.3 Å². The van der Waals surface area contributed by atoms with Crippen molar-refractivity contribution in [2.24, 2.45) is 0 Å². The minimum atomic E-state index is -4.57. The molecule has 0 amide bonds. The van der Waals surface area contributed by atoms with Crippen LogP contribution in [0, 0.1) is 10.1 Å². The van der Waals surface area contributed by atoms with Gasteiger partial charge in [-0.3, -0.25) is 10.1 Å². The van der Waals surface area contributed by atoms with Gasteiger partial charge in [0.15, 0.2) is 0 Å². The number of benzene rings is 1. The Bertz CT molecular complexity index is 839. The van der Waals surface area contributed by atoms with E-state index in [4.69, 9.17) is 10.5 Å². The Kier molecular flexibility index (Phi) is 4.28. The van der Waals surface area contributed by atoms with Crippen molar-refractivity contribution in [1.82, 2.24) is 4.98 Å². The lowest BCUT2D eigenvalue weighted by Crippen LogP contribution is -2.23. The van der Waals surface area contributed by atoms with E-state index in [1.807, 2.05) is 6.92 Å². The van der Waals surface area contributed by atoms with Gasteiger partial charge in [-0.05, 0) is 38.0 Å². The van der Waals surface area contributed by atoms with Crippen molar-refractivity contribution < 1.29 is 22.8 Å². The third kappa shape index (κ3) is 3.23. The number of halogens is 3. The Morgan fingerprint density at radius 2 is 2.12 bits per heavy atom. The van der Waals surface area contributed by atoms with Gasteiger partial charge < -0.3 is 10.5 Å². The predicted molar refractivity (Wildman–Crippen MR) is 85.2 cm³/mol. The average molecular weight is 355 g/mol. The fourth-order valence-electron chi connectivity index (χ4n) is 3.20. The number of ether oxygens (including phenoxy) is 1. The van der Waals surface area contributed by atoms with Crippen molar-refractivity contribution in [3.8, 4) is 0 Å². The zero-order valence-electron chi connectivity index (χ0n) is 13.3. The van der Waals surface area contributed by atoms with Gasteiger partial charge in [-0.25, -0.2) is 4.98 Å². The molecule has 25 heavy (non-hydrogen) atoms. The van der Waals surface area contributed by atoms with Crippen molar-refractivity contribution in [3.63, 3.8) is 0 Å². The zero-order chi connectivity index (χ0) is 18.4. The van der Waals surface area contributed by atoms with Crippen LogP contribution in [0.5, 0.6) is 0 Å². The number of nitro groups is 1. The zero-order valence-corrected chi connectivity index (χ0v) is 13.3. The molecule has 9 heteroatoms. The van der Waals surface area contributed by atoms with Gasteiger partial charge in [0.05, 0.1) is 22.1 Å². The lowest BCUT2D eigenvalue weighted by molar-refractivity contribution is -0.385. The van der Waals surface area contributed by atoms with E-state index in [-0.39, 0.29) is 34.3 Å². The van der Waals surface area contributed by atoms with E-state index in [1.165, 1.54) is 6.07 Å². The van der Waals surface area contributed by atoms with Gasteiger partial charge in [-0.1, -0.05) is 0 Å². The molecule has 134 valence electrons. The van der Waals surface area contributed by atoms with Gasteiger partial charge in [0.25, 0.3) is 0 Å². The number of hydrogen-bond acceptors (Lipinski definition) is 5. The van der Waals surface area contributed by atoms with Gasteiger partial charge in [0, 0.05) is 17.9 Å². The Morgan fingerprint density at radius 1 is 1.40 bits per heavy atom. The summed E-state index contributed by atoms with van der Waals surface area (Å²) in [7, 11) is 0. The number of anilines is 1. The van der Waals surface area contributed by atoms with E-state index >= 15 is 0 Å². The maximum Gasteiger partial charge on any atom is 0.416 e. The molecule has 6 nitrogen and oxygen atoms in total. The van der Waals surface area contributed by atoms with Crippen LogP contribution in [0.3, 0.4) is 0 Å². The number of nitrogen functional groups attached to an aromatic ring is 1. The molecule has 1 aromatic carbocycles. The van der Waals surface area contributed by atoms with E-state index in [9.17, 15) is 23.3 Å². The summed E-state index contributed by atoms with van der Waals surface area (Å²) in [6.45, 7) is 2.30. The Hall–Kier alpha value is -2.42. The van der Waals surface area contributed by atoms with Crippen LogP contribution in [-0.4, -0.2) is 22.6 Å². The first-order valence-corrected chi connectivity index (χ1v) is 7.74. The van der Waals surface area contributed by atoms with Gasteiger partial charge in [-0.2, -0.15) is 13.2 Å².